The van der Waals surface area contributed by atoms with E-state index in [2.05, 4.69) is 9.47 Å². The maximum absolute atomic E-state index is 13.7. The van der Waals surface area contributed by atoms with Gasteiger partial charge in [0.05, 0.1) is 13.2 Å². The number of ether oxygens (including phenoxy) is 3. The molecule has 2 rings (SSSR count). The molecule has 0 aliphatic carbocycles. The van der Waals surface area contributed by atoms with E-state index in [-0.39, 0.29) is 24.3 Å². The SMILES string of the molecule is Fc1cc(COCc2ccc(OCC(F)(F)F)c(F)c2)ccc1OCC(F)(F)F. The molecule has 0 unspecified atom stereocenters. The molecule has 0 saturated carbocycles. The third-order valence-corrected chi connectivity index (χ3v) is 3.31. The van der Waals surface area contributed by atoms with Crippen molar-refractivity contribution in [3.63, 3.8) is 0 Å². The van der Waals surface area contributed by atoms with Gasteiger partial charge in [-0.2, -0.15) is 26.3 Å². The number of halogens is 8. The van der Waals surface area contributed by atoms with Gasteiger partial charge in [0.1, 0.15) is 0 Å². The summed E-state index contributed by atoms with van der Waals surface area (Å²) in [5, 5.41) is 0. The topological polar surface area (TPSA) is 27.7 Å². The minimum atomic E-state index is -4.60. The van der Waals surface area contributed by atoms with Crippen LogP contribution < -0.4 is 9.47 Å². The third-order valence-electron chi connectivity index (χ3n) is 3.31. The molecule has 0 atom stereocenters. The summed E-state index contributed by atoms with van der Waals surface area (Å²) in [5.41, 5.74) is 0.569. The number of hydrogen-bond donors (Lipinski definition) is 0. The monoisotopic (exact) mass is 430 g/mol. The van der Waals surface area contributed by atoms with Crippen molar-refractivity contribution in [3.8, 4) is 11.5 Å². The molecule has 2 aromatic carbocycles. The minimum Gasteiger partial charge on any atom is -0.481 e. The van der Waals surface area contributed by atoms with Crippen LogP contribution in [-0.2, 0) is 18.0 Å². The standard InChI is InChI=1S/C18H14F8O3/c19-13-5-11(1-3-15(13)28-9-17(21,22)23)7-27-8-12-2-4-16(14(20)6-12)29-10-18(24,25)26/h1-6H,7-10H2. The first kappa shape index (κ1) is 22.7. The molecule has 0 aromatic heterocycles. The molecule has 160 valence electrons. The summed E-state index contributed by atoms with van der Waals surface area (Å²) in [6.45, 7) is -3.56. The second-order valence-electron chi connectivity index (χ2n) is 5.83. The summed E-state index contributed by atoms with van der Waals surface area (Å²) in [4.78, 5) is 0. The van der Waals surface area contributed by atoms with Crippen molar-refractivity contribution in [1.82, 2.24) is 0 Å². The van der Waals surface area contributed by atoms with Crippen LogP contribution in [0.4, 0.5) is 35.1 Å². The van der Waals surface area contributed by atoms with Crippen LogP contribution in [0.3, 0.4) is 0 Å². The van der Waals surface area contributed by atoms with E-state index in [0.717, 1.165) is 24.3 Å². The molecule has 11 heteroatoms. The van der Waals surface area contributed by atoms with Crippen LogP contribution in [-0.4, -0.2) is 25.6 Å². The Bertz CT molecular complexity index is 750. The number of benzene rings is 2. The summed E-state index contributed by atoms with van der Waals surface area (Å²) in [5.74, 6) is -3.15. The molecular formula is C18H14F8O3. The molecule has 0 spiro atoms. The van der Waals surface area contributed by atoms with Crippen molar-refractivity contribution < 1.29 is 49.3 Å². The fraction of sp³-hybridized carbons (Fsp3) is 0.333. The maximum atomic E-state index is 13.7. The fourth-order valence-corrected chi connectivity index (χ4v) is 2.11. The first-order chi connectivity index (χ1) is 13.4. The Morgan fingerprint density at radius 2 is 1.00 bits per heavy atom. The normalized spacial score (nSPS) is 12.1. The number of alkyl halides is 6. The van der Waals surface area contributed by atoms with E-state index in [1.807, 2.05) is 0 Å². The van der Waals surface area contributed by atoms with Crippen molar-refractivity contribution in [3.05, 3.63) is 59.2 Å². The van der Waals surface area contributed by atoms with E-state index in [4.69, 9.17) is 4.74 Å². The van der Waals surface area contributed by atoms with Gasteiger partial charge in [0.15, 0.2) is 36.3 Å². The van der Waals surface area contributed by atoms with Gasteiger partial charge >= 0.3 is 12.4 Å². The van der Waals surface area contributed by atoms with Gasteiger partial charge in [0.2, 0.25) is 0 Å². The molecule has 0 radical (unpaired) electrons. The third kappa shape index (κ3) is 8.14. The molecule has 2 aromatic rings. The van der Waals surface area contributed by atoms with E-state index >= 15 is 0 Å². The Kier molecular flexibility index (Phi) is 7.28. The Balaban J connectivity index is 1.86. The molecular weight excluding hydrogens is 416 g/mol. The molecule has 0 saturated heterocycles. The van der Waals surface area contributed by atoms with Crippen LogP contribution in [0.15, 0.2) is 36.4 Å². The zero-order valence-electron chi connectivity index (χ0n) is 14.5. The van der Waals surface area contributed by atoms with Crippen LogP contribution in [0.2, 0.25) is 0 Å². The van der Waals surface area contributed by atoms with Crippen molar-refractivity contribution in [2.45, 2.75) is 25.6 Å². The molecule has 0 bridgehead atoms. The highest BCUT2D eigenvalue weighted by atomic mass is 19.4. The maximum Gasteiger partial charge on any atom is 0.422 e. The fourth-order valence-electron chi connectivity index (χ4n) is 2.11. The van der Waals surface area contributed by atoms with E-state index in [0.29, 0.717) is 0 Å². The average molecular weight is 430 g/mol. The first-order valence-electron chi connectivity index (χ1n) is 7.97. The van der Waals surface area contributed by atoms with E-state index < -0.39 is 48.7 Å². The Morgan fingerprint density at radius 3 is 1.31 bits per heavy atom. The molecule has 0 heterocycles. The van der Waals surface area contributed by atoms with Gasteiger partial charge in [0, 0.05) is 0 Å². The van der Waals surface area contributed by atoms with Crippen molar-refractivity contribution in [2.75, 3.05) is 13.2 Å². The Hall–Kier alpha value is -2.56. The Labute approximate surface area is 159 Å². The molecule has 29 heavy (non-hydrogen) atoms. The van der Waals surface area contributed by atoms with Gasteiger partial charge in [-0.25, -0.2) is 8.78 Å². The second kappa shape index (κ2) is 9.29. The van der Waals surface area contributed by atoms with E-state index in [1.165, 1.54) is 12.1 Å². The highest BCUT2D eigenvalue weighted by Crippen LogP contribution is 2.24. The van der Waals surface area contributed by atoms with Crippen LogP contribution in [0.1, 0.15) is 11.1 Å². The van der Waals surface area contributed by atoms with Crippen molar-refractivity contribution in [1.29, 1.82) is 0 Å². The van der Waals surface area contributed by atoms with Gasteiger partial charge in [-0.15, -0.1) is 0 Å². The second-order valence-corrected chi connectivity index (χ2v) is 5.83. The first-order valence-corrected chi connectivity index (χ1v) is 7.97. The van der Waals surface area contributed by atoms with Crippen LogP contribution in [0.5, 0.6) is 11.5 Å². The zero-order chi connectivity index (χ0) is 21.7. The summed E-state index contributed by atoms with van der Waals surface area (Å²) in [7, 11) is 0. The lowest BCUT2D eigenvalue weighted by atomic mass is 10.2. The summed E-state index contributed by atoms with van der Waals surface area (Å²) >= 11 is 0. The Morgan fingerprint density at radius 1 is 0.621 bits per heavy atom. The lowest BCUT2D eigenvalue weighted by Gasteiger charge is -2.12. The van der Waals surface area contributed by atoms with Crippen LogP contribution in [0, 0.1) is 11.6 Å². The summed E-state index contributed by atoms with van der Waals surface area (Å²) < 4.78 is 114. The molecule has 0 N–H and O–H groups in total. The van der Waals surface area contributed by atoms with Gasteiger partial charge in [-0.3, -0.25) is 0 Å². The largest absolute Gasteiger partial charge is 0.481 e. The molecule has 3 nitrogen and oxygen atoms in total. The highest BCUT2D eigenvalue weighted by Gasteiger charge is 2.29. The number of hydrogen-bond acceptors (Lipinski definition) is 3. The van der Waals surface area contributed by atoms with E-state index in [1.54, 1.807) is 0 Å². The predicted molar refractivity (Wildman–Crippen MR) is 84.4 cm³/mol. The molecule has 0 aliphatic rings. The minimum absolute atomic E-state index is 0.148. The summed E-state index contributed by atoms with van der Waals surface area (Å²) in [6.07, 6.45) is -9.20. The summed E-state index contributed by atoms with van der Waals surface area (Å²) in [6, 6.07) is 6.49. The average Bonchev–Trinajstić information content (AvgIpc) is 2.58. The van der Waals surface area contributed by atoms with Gasteiger partial charge in [0.25, 0.3) is 0 Å². The lowest BCUT2D eigenvalue weighted by molar-refractivity contribution is -0.154. The van der Waals surface area contributed by atoms with Gasteiger partial charge in [-0.1, -0.05) is 12.1 Å². The molecule has 0 aliphatic heterocycles. The van der Waals surface area contributed by atoms with E-state index in [9.17, 15) is 35.1 Å². The van der Waals surface area contributed by atoms with Gasteiger partial charge in [-0.05, 0) is 35.4 Å². The van der Waals surface area contributed by atoms with Crippen molar-refractivity contribution in [2.24, 2.45) is 0 Å². The number of rotatable bonds is 8. The van der Waals surface area contributed by atoms with Crippen molar-refractivity contribution >= 4 is 0 Å². The van der Waals surface area contributed by atoms with Crippen LogP contribution in [0.25, 0.3) is 0 Å². The lowest BCUT2D eigenvalue weighted by Crippen LogP contribution is -2.19. The quantitative estimate of drug-likeness (QED) is 0.513. The zero-order valence-corrected chi connectivity index (χ0v) is 14.5. The smallest absolute Gasteiger partial charge is 0.422 e. The highest BCUT2D eigenvalue weighted by molar-refractivity contribution is 5.30. The molecule has 0 fully saturated rings. The van der Waals surface area contributed by atoms with Crippen LogP contribution >= 0.6 is 0 Å². The molecule has 0 amide bonds. The van der Waals surface area contributed by atoms with Gasteiger partial charge < -0.3 is 14.2 Å². The predicted octanol–water partition coefficient (Wildman–Crippen LogP) is 5.56.